The van der Waals surface area contributed by atoms with Crippen molar-refractivity contribution in [2.75, 3.05) is 6.54 Å². The van der Waals surface area contributed by atoms with Gasteiger partial charge in [-0.25, -0.2) is 9.97 Å². The summed E-state index contributed by atoms with van der Waals surface area (Å²) < 4.78 is 2.33. The summed E-state index contributed by atoms with van der Waals surface area (Å²) in [6, 6.07) is 13.3. The van der Waals surface area contributed by atoms with Gasteiger partial charge in [0.1, 0.15) is 12.0 Å². The summed E-state index contributed by atoms with van der Waals surface area (Å²) in [6.07, 6.45) is 2.83. The van der Waals surface area contributed by atoms with Gasteiger partial charge in [0.25, 0.3) is 0 Å². The van der Waals surface area contributed by atoms with E-state index in [1.165, 1.54) is 33.3 Å². The van der Waals surface area contributed by atoms with Crippen LogP contribution in [0.15, 0.2) is 42.7 Å². The summed E-state index contributed by atoms with van der Waals surface area (Å²) >= 11 is 0. The van der Waals surface area contributed by atoms with E-state index in [0.29, 0.717) is 5.92 Å². The first kappa shape index (κ1) is 20.5. The van der Waals surface area contributed by atoms with Crippen LogP contribution in [0, 0.1) is 26.7 Å². The van der Waals surface area contributed by atoms with Crippen LogP contribution in [0.3, 0.4) is 0 Å². The van der Waals surface area contributed by atoms with Crippen LogP contribution in [0.2, 0.25) is 0 Å². The third kappa shape index (κ3) is 3.39. The number of nitrogens with one attached hydrogen (secondary N) is 1. The van der Waals surface area contributed by atoms with Crippen LogP contribution in [0.1, 0.15) is 55.6 Å². The molecule has 2 aromatic heterocycles. The van der Waals surface area contributed by atoms with Crippen molar-refractivity contribution in [2.24, 2.45) is 5.92 Å². The van der Waals surface area contributed by atoms with Gasteiger partial charge in [-0.2, -0.15) is 0 Å². The molecule has 1 atom stereocenters. The van der Waals surface area contributed by atoms with Crippen LogP contribution in [-0.4, -0.2) is 21.1 Å². The Kier molecular flexibility index (Phi) is 5.61. The molecule has 0 aliphatic heterocycles. The predicted octanol–water partition coefficient (Wildman–Crippen LogP) is 6.20. The molecule has 1 N–H and O–H groups in total. The fourth-order valence-electron chi connectivity index (χ4n) is 4.75. The summed E-state index contributed by atoms with van der Waals surface area (Å²) in [5.41, 5.74) is 8.30. The van der Waals surface area contributed by atoms with Gasteiger partial charge in [-0.3, -0.25) is 4.57 Å². The molecule has 4 heteroatoms. The molecular weight excluding hydrogens is 368 g/mol. The second-order valence-electron chi connectivity index (χ2n) is 8.73. The molecule has 2 aromatic carbocycles. The molecule has 0 saturated carbocycles. The van der Waals surface area contributed by atoms with Gasteiger partial charge in [0.05, 0.1) is 28.3 Å². The lowest BCUT2D eigenvalue weighted by atomic mass is 9.97. The van der Waals surface area contributed by atoms with Crippen molar-refractivity contribution in [3.8, 4) is 5.69 Å². The zero-order chi connectivity index (χ0) is 21.4. The van der Waals surface area contributed by atoms with E-state index >= 15 is 0 Å². The lowest BCUT2D eigenvalue weighted by Crippen LogP contribution is -2.27. The molecule has 0 amide bonds. The lowest BCUT2D eigenvalue weighted by molar-refractivity contribution is 0.407. The van der Waals surface area contributed by atoms with Gasteiger partial charge in [0.2, 0.25) is 0 Å². The fraction of sp³-hybridized carbons (Fsp3) is 0.385. The van der Waals surface area contributed by atoms with Crippen molar-refractivity contribution in [3.05, 3.63) is 65.1 Å². The second kappa shape index (κ2) is 8.19. The molecule has 4 rings (SSSR count). The molecular formula is C26H32N4. The summed E-state index contributed by atoms with van der Waals surface area (Å²) in [6.45, 7) is 14.2. The minimum atomic E-state index is 0.190. The van der Waals surface area contributed by atoms with E-state index in [9.17, 15) is 0 Å². The van der Waals surface area contributed by atoms with E-state index in [1.54, 1.807) is 6.33 Å². The monoisotopic (exact) mass is 400 g/mol. The molecule has 1 unspecified atom stereocenters. The standard InChI is InChI=1S/C26H32N4/c1-7-12-27-23(16(2)3)24-22-20-10-8-9-11-21(20)30(26(22)29-15-28-24)25-18(5)13-17(4)14-19(25)6/h8-11,13-16,23,27H,7,12H2,1-6H3. The van der Waals surface area contributed by atoms with Crippen molar-refractivity contribution in [1.29, 1.82) is 0 Å². The van der Waals surface area contributed by atoms with E-state index in [1.807, 2.05) is 0 Å². The maximum atomic E-state index is 4.81. The SMILES string of the molecule is CCCNC(c1ncnc2c1c1ccccc1n2-c1c(C)cc(C)cc1C)C(C)C. The summed E-state index contributed by atoms with van der Waals surface area (Å²) in [5.74, 6) is 0.430. The highest BCUT2D eigenvalue weighted by Gasteiger charge is 2.24. The van der Waals surface area contributed by atoms with Crippen LogP contribution < -0.4 is 5.32 Å². The maximum Gasteiger partial charge on any atom is 0.149 e. The van der Waals surface area contributed by atoms with E-state index in [2.05, 4.69) is 87.8 Å². The first-order valence-corrected chi connectivity index (χ1v) is 11.0. The van der Waals surface area contributed by atoms with Crippen molar-refractivity contribution in [2.45, 2.75) is 54.0 Å². The fourth-order valence-corrected chi connectivity index (χ4v) is 4.75. The predicted molar refractivity (Wildman–Crippen MR) is 126 cm³/mol. The molecule has 0 bridgehead atoms. The van der Waals surface area contributed by atoms with Crippen molar-refractivity contribution in [1.82, 2.24) is 19.9 Å². The molecule has 0 radical (unpaired) electrons. The van der Waals surface area contributed by atoms with E-state index in [0.717, 1.165) is 29.7 Å². The number of para-hydroxylation sites is 1. The van der Waals surface area contributed by atoms with Crippen LogP contribution in [-0.2, 0) is 0 Å². The number of benzene rings is 2. The van der Waals surface area contributed by atoms with Crippen molar-refractivity contribution in [3.63, 3.8) is 0 Å². The number of hydrogen-bond acceptors (Lipinski definition) is 3. The first-order chi connectivity index (χ1) is 14.4. The highest BCUT2D eigenvalue weighted by Crippen LogP contribution is 2.37. The summed E-state index contributed by atoms with van der Waals surface area (Å²) in [4.78, 5) is 9.62. The number of aryl methyl sites for hydroxylation is 3. The Morgan fingerprint density at radius 1 is 1.00 bits per heavy atom. The number of aromatic nitrogens is 3. The summed E-state index contributed by atoms with van der Waals surface area (Å²) in [5, 5.41) is 6.10. The smallest absolute Gasteiger partial charge is 0.149 e. The van der Waals surface area contributed by atoms with Gasteiger partial charge >= 0.3 is 0 Å². The molecule has 30 heavy (non-hydrogen) atoms. The quantitative estimate of drug-likeness (QED) is 0.419. The summed E-state index contributed by atoms with van der Waals surface area (Å²) in [7, 11) is 0. The van der Waals surface area contributed by atoms with E-state index in [-0.39, 0.29) is 6.04 Å². The van der Waals surface area contributed by atoms with Gasteiger partial charge in [-0.15, -0.1) is 0 Å². The Morgan fingerprint density at radius 3 is 2.37 bits per heavy atom. The number of hydrogen-bond donors (Lipinski definition) is 1. The molecule has 0 fully saturated rings. The number of fused-ring (bicyclic) bond motifs is 3. The zero-order valence-corrected chi connectivity index (χ0v) is 19.0. The van der Waals surface area contributed by atoms with Gasteiger partial charge in [0, 0.05) is 5.39 Å². The molecule has 4 nitrogen and oxygen atoms in total. The highest BCUT2D eigenvalue weighted by molar-refractivity contribution is 6.09. The van der Waals surface area contributed by atoms with Gasteiger partial charge < -0.3 is 5.32 Å². The lowest BCUT2D eigenvalue weighted by Gasteiger charge is -2.22. The van der Waals surface area contributed by atoms with E-state index in [4.69, 9.17) is 9.97 Å². The van der Waals surface area contributed by atoms with Crippen LogP contribution in [0.25, 0.3) is 27.6 Å². The molecule has 0 aliphatic rings. The number of nitrogens with zero attached hydrogens (tertiary/aromatic N) is 3. The van der Waals surface area contributed by atoms with Crippen molar-refractivity contribution >= 4 is 21.9 Å². The third-order valence-electron chi connectivity index (χ3n) is 5.92. The van der Waals surface area contributed by atoms with Gasteiger partial charge in [0.15, 0.2) is 0 Å². The Balaban J connectivity index is 2.09. The topological polar surface area (TPSA) is 42.7 Å². The second-order valence-corrected chi connectivity index (χ2v) is 8.73. The van der Waals surface area contributed by atoms with Crippen LogP contribution in [0.5, 0.6) is 0 Å². The Morgan fingerprint density at radius 2 is 1.70 bits per heavy atom. The molecule has 0 spiro atoms. The van der Waals surface area contributed by atoms with Gasteiger partial charge in [-0.05, 0) is 56.8 Å². The first-order valence-electron chi connectivity index (χ1n) is 11.0. The minimum absolute atomic E-state index is 0.190. The maximum absolute atomic E-state index is 4.81. The van der Waals surface area contributed by atoms with Crippen molar-refractivity contribution < 1.29 is 0 Å². The zero-order valence-electron chi connectivity index (χ0n) is 19.0. The minimum Gasteiger partial charge on any atom is -0.308 e. The molecule has 0 aliphatic carbocycles. The normalized spacial score (nSPS) is 12.9. The molecule has 4 aromatic rings. The molecule has 0 saturated heterocycles. The van der Waals surface area contributed by atoms with Gasteiger partial charge in [-0.1, -0.05) is 56.7 Å². The average molecular weight is 401 g/mol. The Labute approximate surface area is 179 Å². The Hall–Kier alpha value is -2.72. The Bertz CT molecular complexity index is 1180. The average Bonchev–Trinajstić information content (AvgIpc) is 3.03. The third-order valence-corrected chi connectivity index (χ3v) is 5.92. The number of rotatable bonds is 6. The largest absolute Gasteiger partial charge is 0.308 e. The van der Waals surface area contributed by atoms with Crippen LogP contribution in [0.4, 0.5) is 0 Å². The molecule has 2 heterocycles. The van der Waals surface area contributed by atoms with E-state index < -0.39 is 0 Å². The highest BCUT2D eigenvalue weighted by atomic mass is 15.1. The molecule has 156 valence electrons. The van der Waals surface area contributed by atoms with Crippen LogP contribution >= 0.6 is 0 Å².